The quantitative estimate of drug-likeness (QED) is 0.383. The average Bonchev–Trinajstić information content (AvgIpc) is 3.49. The SMILES string of the molecule is CCc1cccc(NCc2nc(-c3ccc4ncnn4c3)c(-c3cccc(C)n3)[nH]2)c1OC. The van der Waals surface area contributed by atoms with E-state index in [-0.39, 0.29) is 0 Å². The predicted octanol–water partition coefficient (Wildman–Crippen LogP) is 4.67. The monoisotopic (exact) mass is 439 g/mol. The third-order valence-electron chi connectivity index (χ3n) is 5.57. The lowest BCUT2D eigenvalue weighted by atomic mass is 10.1. The van der Waals surface area contributed by atoms with Gasteiger partial charge in [0.05, 0.1) is 36.4 Å². The van der Waals surface area contributed by atoms with Gasteiger partial charge in [0, 0.05) is 17.5 Å². The highest BCUT2D eigenvalue weighted by molar-refractivity contribution is 5.77. The molecule has 0 atom stereocenters. The van der Waals surface area contributed by atoms with Crippen LogP contribution in [0.5, 0.6) is 5.75 Å². The molecule has 0 unspecified atom stereocenters. The van der Waals surface area contributed by atoms with Crippen LogP contribution < -0.4 is 10.1 Å². The molecule has 4 heterocycles. The highest BCUT2D eigenvalue weighted by Crippen LogP contribution is 2.32. The Labute approximate surface area is 191 Å². The molecule has 0 amide bonds. The Hall–Kier alpha value is -4.20. The molecule has 0 aliphatic heterocycles. The van der Waals surface area contributed by atoms with Gasteiger partial charge in [-0.05, 0) is 49.2 Å². The van der Waals surface area contributed by atoms with Crippen LogP contribution in [-0.2, 0) is 13.0 Å². The Balaban J connectivity index is 1.53. The summed E-state index contributed by atoms with van der Waals surface area (Å²) >= 11 is 0. The number of hydrogen-bond acceptors (Lipinski definition) is 6. The van der Waals surface area contributed by atoms with Crippen molar-refractivity contribution < 1.29 is 4.74 Å². The molecule has 0 aliphatic carbocycles. The lowest BCUT2D eigenvalue weighted by molar-refractivity contribution is 0.412. The number of pyridine rings is 2. The van der Waals surface area contributed by atoms with Crippen LogP contribution in [0.3, 0.4) is 0 Å². The smallest absolute Gasteiger partial charge is 0.155 e. The number of fused-ring (bicyclic) bond motifs is 1. The molecule has 0 spiro atoms. The molecule has 0 saturated heterocycles. The van der Waals surface area contributed by atoms with Crippen molar-refractivity contribution in [3.63, 3.8) is 0 Å². The standard InChI is InChI=1S/C25H25N7O/c1-4-17-8-6-10-20(25(17)33-3)26-13-21-30-23(18-11-12-22-27-15-28-32(22)14-18)24(31-21)19-9-5-7-16(2)29-19/h5-12,14-15,26H,4,13H2,1-3H3,(H,30,31). The summed E-state index contributed by atoms with van der Waals surface area (Å²) in [5.41, 5.74) is 7.28. The minimum Gasteiger partial charge on any atom is -0.494 e. The summed E-state index contributed by atoms with van der Waals surface area (Å²) in [6, 6.07) is 16.0. The number of rotatable bonds is 7. The molecule has 0 bridgehead atoms. The van der Waals surface area contributed by atoms with Crippen molar-refractivity contribution in [2.75, 3.05) is 12.4 Å². The number of aromatic nitrogens is 6. The first-order chi connectivity index (χ1) is 16.2. The fourth-order valence-corrected chi connectivity index (χ4v) is 3.96. The van der Waals surface area contributed by atoms with Gasteiger partial charge in [-0.2, -0.15) is 5.10 Å². The van der Waals surface area contributed by atoms with Crippen LogP contribution in [0.25, 0.3) is 28.3 Å². The van der Waals surface area contributed by atoms with E-state index in [1.807, 2.05) is 55.6 Å². The van der Waals surface area contributed by atoms with Crippen molar-refractivity contribution >= 4 is 11.3 Å². The number of methoxy groups -OCH3 is 1. The van der Waals surface area contributed by atoms with Crippen molar-refractivity contribution in [2.24, 2.45) is 0 Å². The van der Waals surface area contributed by atoms with Gasteiger partial charge in [0.25, 0.3) is 0 Å². The van der Waals surface area contributed by atoms with Crippen LogP contribution in [0.1, 0.15) is 24.0 Å². The van der Waals surface area contributed by atoms with Crippen LogP contribution in [0.4, 0.5) is 5.69 Å². The first-order valence-electron chi connectivity index (χ1n) is 10.9. The number of benzene rings is 1. The van der Waals surface area contributed by atoms with E-state index in [4.69, 9.17) is 14.7 Å². The number of nitrogens with one attached hydrogen (secondary N) is 2. The first kappa shape index (κ1) is 20.7. The van der Waals surface area contributed by atoms with Crippen molar-refractivity contribution in [1.82, 2.24) is 29.5 Å². The molecule has 166 valence electrons. The molecule has 0 radical (unpaired) electrons. The Bertz CT molecular complexity index is 1420. The molecule has 4 aromatic heterocycles. The van der Waals surface area contributed by atoms with E-state index in [9.17, 15) is 0 Å². The van der Waals surface area contributed by atoms with Gasteiger partial charge in [0.2, 0.25) is 0 Å². The Kier molecular flexibility index (Phi) is 5.48. The highest BCUT2D eigenvalue weighted by Gasteiger charge is 2.17. The maximum absolute atomic E-state index is 5.65. The van der Waals surface area contributed by atoms with Gasteiger partial charge in [-0.3, -0.25) is 4.98 Å². The van der Waals surface area contributed by atoms with E-state index in [0.717, 1.165) is 63.2 Å². The number of para-hydroxylation sites is 1. The molecular formula is C25H25N7O. The van der Waals surface area contributed by atoms with Crippen LogP contribution in [0.15, 0.2) is 61.1 Å². The second kappa shape index (κ2) is 8.74. The number of H-pyrrole nitrogens is 1. The zero-order valence-electron chi connectivity index (χ0n) is 18.8. The molecule has 0 fully saturated rings. The maximum atomic E-state index is 5.65. The summed E-state index contributed by atoms with van der Waals surface area (Å²) < 4.78 is 7.40. The third-order valence-corrected chi connectivity index (χ3v) is 5.57. The maximum Gasteiger partial charge on any atom is 0.155 e. The average molecular weight is 440 g/mol. The van der Waals surface area contributed by atoms with Gasteiger partial charge in [0.15, 0.2) is 5.65 Å². The molecule has 33 heavy (non-hydrogen) atoms. The van der Waals surface area contributed by atoms with Gasteiger partial charge in [-0.15, -0.1) is 0 Å². The largest absolute Gasteiger partial charge is 0.494 e. The summed E-state index contributed by atoms with van der Waals surface area (Å²) in [7, 11) is 1.70. The normalized spacial score (nSPS) is 11.1. The van der Waals surface area contributed by atoms with E-state index in [1.165, 1.54) is 0 Å². The van der Waals surface area contributed by atoms with Crippen molar-refractivity contribution in [3.8, 4) is 28.4 Å². The number of imidazole rings is 1. The van der Waals surface area contributed by atoms with Crippen molar-refractivity contribution in [1.29, 1.82) is 0 Å². The predicted molar refractivity (Wildman–Crippen MR) is 128 cm³/mol. The molecular weight excluding hydrogens is 414 g/mol. The van der Waals surface area contributed by atoms with E-state index >= 15 is 0 Å². The summed E-state index contributed by atoms with van der Waals surface area (Å²) in [4.78, 5) is 17.4. The lowest BCUT2D eigenvalue weighted by Gasteiger charge is -2.13. The van der Waals surface area contributed by atoms with E-state index in [0.29, 0.717) is 6.54 Å². The number of ether oxygens (including phenoxy) is 1. The molecule has 0 aliphatic rings. The molecule has 2 N–H and O–H groups in total. The van der Waals surface area contributed by atoms with Gasteiger partial charge in [0.1, 0.15) is 17.9 Å². The minimum absolute atomic E-state index is 0.508. The summed E-state index contributed by atoms with van der Waals surface area (Å²) in [6.07, 6.45) is 4.38. The topological polar surface area (TPSA) is 93.0 Å². The Morgan fingerprint density at radius 2 is 1.94 bits per heavy atom. The number of anilines is 1. The second-order valence-corrected chi connectivity index (χ2v) is 7.76. The van der Waals surface area contributed by atoms with Crippen LogP contribution >= 0.6 is 0 Å². The molecule has 5 aromatic rings. The van der Waals surface area contributed by atoms with Gasteiger partial charge in [-0.1, -0.05) is 25.1 Å². The first-order valence-corrected chi connectivity index (χ1v) is 10.9. The molecule has 5 rings (SSSR count). The molecule has 0 saturated carbocycles. The number of aromatic amines is 1. The number of nitrogens with zero attached hydrogens (tertiary/aromatic N) is 5. The van der Waals surface area contributed by atoms with Crippen LogP contribution in [0, 0.1) is 6.92 Å². The third kappa shape index (κ3) is 4.03. The lowest BCUT2D eigenvalue weighted by Crippen LogP contribution is -2.04. The van der Waals surface area contributed by atoms with Crippen molar-refractivity contribution in [2.45, 2.75) is 26.8 Å². The molecule has 8 nitrogen and oxygen atoms in total. The fourth-order valence-electron chi connectivity index (χ4n) is 3.96. The fraction of sp³-hybridized carbons (Fsp3) is 0.200. The molecule has 1 aromatic carbocycles. The summed E-state index contributed by atoms with van der Waals surface area (Å²) in [5, 5.41) is 7.73. The zero-order chi connectivity index (χ0) is 22.8. The Morgan fingerprint density at radius 3 is 2.76 bits per heavy atom. The van der Waals surface area contributed by atoms with Crippen molar-refractivity contribution in [3.05, 3.63) is 78.1 Å². The van der Waals surface area contributed by atoms with Gasteiger partial charge < -0.3 is 15.0 Å². The highest BCUT2D eigenvalue weighted by atomic mass is 16.5. The van der Waals surface area contributed by atoms with E-state index < -0.39 is 0 Å². The van der Waals surface area contributed by atoms with Crippen LogP contribution in [-0.4, -0.2) is 36.7 Å². The Morgan fingerprint density at radius 1 is 1.06 bits per heavy atom. The number of aryl methyl sites for hydroxylation is 2. The zero-order valence-corrected chi connectivity index (χ0v) is 18.8. The number of hydrogen-bond donors (Lipinski definition) is 2. The minimum atomic E-state index is 0.508. The van der Waals surface area contributed by atoms with Gasteiger partial charge in [-0.25, -0.2) is 14.5 Å². The molecule has 8 heteroatoms. The summed E-state index contributed by atoms with van der Waals surface area (Å²) in [5.74, 6) is 1.66. The van der Waals surface area contributed by atoms with E-state index in [2.05, 4.69) is 33.4 Å². The summed E-state index contributed by atoms with van der Waals surface area (Å²) in [6.45, 7) is 4.61. The van der Waals surface area contributed by atoms with Gasteiger partial charge >= 0.3 is 0 Å². The van der Waals surface area contributed by atoms with Crippen LogP contribution in [0.2, 0.25) is 0 Å². The van der Waals surface area contributed by atoms with E-state index in [1.54, 1.807) is 18.0 Å². The second-order valence-electron chi connectivity index (χ2n) is 7.76.